The zero-order chi connectivity index (χ0) is 25.9. The second-order valence-corrected chi connectivity index (χ2v) is 12.8. The molecule has 6 heteroatoms. The maximum atomic E-state index is 12.5. The van der Waals surface area contributed by atoms with Crippen molar-refractivity contribution in [3.8, 4) is 0 Å². The van der Waals surface area contributed by atoms with Gasteiger partial charge in [0.2, 0.25) is 0 Å². The molecular weight excluding hydrogens is 466 g/mol. The molecule has 0 radical (unpaired) electrons. The van der Waals surface area contributed by atoms with Gasteiger partial charge in [-0.15, -0.1) is 0 Å². The molecule has 0 amide bonds. The molecule has 37 heavy (non-hydrogen) atoms. The molecule has 1 heterocycles. The largest absolute Gasteiger partial charge is 0.458 e. The molecule has 6 rings (SSSR count). The topological polar surface area (TPSA) is 99.4 Å². The van der Waals surface area contributed by atoms with Crippen LogP contribution in [0, 0.1) is 28.6 Å². The lowest BCUT2D eigenvalue weighted by Gasteiger charge is -2.65. The summed E-state index contributed by atoms with van der Waals surface area (Å²) in [6.07, 6.45) is 10.4. The van der Waals surface area contributed by atoms with Gasteiger partial charge in [-0.3, -0.25) is 4.99 Å². The van der Waals surface area contributed by atoms with E-state index in [-0.39, 0.29) is 29.1 Å². The van der Waals surface area contributed by atoms with E-state index in [9.17, 15) is 20.1 Å². The van der Waals surface area contributed by atoms with Gasteiger partial charge in [-0.25, -0.2) is 4.79 Å². The Labute approximate surface area is 219 Å². The standard InChI is InChI=1S/C31H41NO5/c1-28-12-8-25-26(31(28,36)15-10-24(28)22-17-27(34)37-19-22)9-14-30(35)18-23(33)7-13-29(25,30)20-32-16-11-21-5-3-2-4-6-21/h2-6,17,20,23-26,33,35-36H,7-16,18-19H2,1H3/t23-,24-,25+,26+,28-,29+,30+,31+/m1/s1. The molecule has 0 unspecified atom stereocenters. The highest BCUT2D eigenvalue weighted by Crippen LogP contribution is 2.70. The van der Waals surface area contributed by atoms with E-state index in [1.165, 1.54) is 5.56 Å². The van der Waals surface area contributed by atoms with Gasteiger partial charge in [0.05, 0.1) is 17.3 Å². The van der Waals surface area contributed by atoms with Crippen LogP contribution in [0.4, 0.5) is 0 Å². The normalized spacial score (nSPS) is 45.2. The van der Waals surface area contributed by atoms with Crippen molar-refractivity contribution in [2.45, 2.75) is 88.4 Å². The van der Waals surface area contributed by atoms with E-state index in [0.29, 0.717) is 45.3 Å². The lowest BCUT2D eigenvalue weighted by atomic mass is 9.41. The summed E-state index contributed by atoms with van der Waals surface area (Å²) in [7, 11) is 0. The van der Waals surface area contributed by atoms with Crippen molar-refractivity contribution < 1.29 is 24.9 Å². The average molecular weight is 508 g/mol. The Morgan fingerprint density at radius 2 is 1.81 bits per heavy atom. The van der Waals surface area contributed by atoms with Crippen LogP contribution in [0.5, 0.6) is 0 Å². The fourth-order valence-electron chi connectivity index (χ4n) is 9.43. The monoisotopic (exact) mass is 507 g/mol. The fraction of sp³-hybridized carbons (Fsp3) is 0.677. The van der Waals surface area contributed by atoms with E-state index in [1.54, 1.807) is 6.08 Å². The first-order chi connectivity index (χ1) is 17.7. The minimum atomic E-state index is -1.00. The first-order valence-corrected chi connectivity index (χ1v) is 14.3. The van der Waals surface area contributed by atoms with Gasteiger partial charge in [-0.05, 0) is 86.7 Å². The third-order valence-electron chi connectivity index (χ3n) is 11.3. The third kappa shape index (κ3) is 3.77. The smallest absolute Gasteiger partial charge is 0.331 e. The summed E-state index contributed by atoms with van der Waals surface area (Å²) in [5.74, 6) is 0.0590. The molecule has 8 atom stereocenters. The van der Waals surface area contributed by atoms with Crippen LogP contribution in [0.1, 0.15) is 70.3 Å². The molecule has 0 saturated heterocycles. The lowest BCUT2D eigenvalue weighted by Crippen LogP contribution is -2.68. The minimum absolute atomic E-state index is 0.0611. The Hall–Kier alpha value is -2.02. The van der Waals surface area contributed by atoms with E-state index < -0.39 is 22.7 Å². The van der Waals surface area contributed by atoms with Gasteiger partial charge in [0.15, 0.2) is 0 Å². The van der Waals surface area contributed by atoms with Crippen LogP contribution in [-0.2, 0) is 16.0 Å². The van der Waals surface area contributed by atoms with Gasteiger partial charge in [-0.1, -0.05) is 37.3 Å². The molecule has 4 saturated carbocycles. The third-order valence-corrected chi connectivity index (χ3v) is 11.3. The number of hydrogen-bond donors (Lipinski definition) is 3. The minimum Gasteiger partial charge on any atom is -0.458 e. The molecule has 1 aromatic rings. The van der Waals surface area contributed by atoms with Crippen LogP contribution >= 0.6 is 0 Å². The number of cyclic esters (lactones) is 1. The first kappa shape index (κ1) is 25.3. The number of ether oxygens (including phenoxy) is 1. The Bertz CT molecular complexity index is 1100. The van der Waals surface area contributed by atoms with Crippen molar-refractivity contribution in [1.29, 1.82) is 0 Å². The number of nitrogens with zero attached hydrogens (tertiary/aromatic N) is 1. The van der Waals surface area contributed by atoms with Crippen molar-refractivity contribution in [1.82, 2.24) is 0 Å². The van der Waals surface area contributed by atoms with E-state index in [0.717, 1.165) is 37.7 Å². The van der Waals surface area contributed by atoms with Crippen LogP contribution in [-0.4, -0.2) is 58.0 Å². The Balaban J connectivity index is 1.31. The Morgan fingerprint density at radius 3 is 2.57 bits per heavy atom. The van der Waals surface area contributed by atoms with Gasteiger partial charge in [0.25, 0.3) is 0 Å². The predicted octanol–water partition coefficient (Wildman–Crippen LogP) is 4.01. The zero-order valence-corrected chi connectivity index (χ0v) is 21.9. The highest BCUT2D eigenvalue weighted by molar-refractivity contribution is 5.85. The zero-order valence-electron chi connectivity index (χ0n) is 21.9. The molecule has 0 spiro atoms. The number of rotatable bonds is 5. The van der Waals surface area contributed by atoms with Gasteiger partial charge >= 0.3 is 5.97 Å². The summed E-state index contributed by atoms with van der Waals surface area (Å²) in [6.45, 7) is 3.23. The van der Waals surface area contributed by atoms with Crippen molar-refractivity contribution in [2.24, 2.45) is 33.6 Å². The molecule has 0 aromatic heterocycles. The van der Waals surface area contributed by atoms with Gasteiger partial charge in [0, 0.05) is 36.1 Å². The number of aliphatic hydroxyl groups is 3. The molecule has 1 aliphatic heterocycles. The van der Waals surface area contributed by atoms with E-state index in [4.69, 9.17) is 9.73 Å². The predicted molar refractivity (Wildman–Crippen MR) is 141 cm³/mol. The van der Waals surface area contributed by atoms with Crippen LogP contribution in [0.15, 0.2) is 47.0 Å². The number of aliphatic imine (C=N–C) groups is 1. The fourth-order valence-corrected chi connectivity index (χ4v) is 9.43. The second-order valence-electron chi connectivity index (χ2n) is 12.8. The molecule has 3 N–H and O–H groups in total. The van der Waals surface area contributed by atoms with Gasteiger partial charge in [-0.2, -0.15) is 0 Å². The molecule has 200 valence electrons. The number of hydrogen-bond acceptors (Lipinski definition) is 6. The van der Waals surface area contributed by atoms with Crippen molar-refractivity contribution in [3.63, 3.8) is 0 Å². The van der Waals surface area contributed by atoms with Crippen molar-refractivity contribution >= 4 is 12.2 Å². The molecule has 1 aromatic carbocycles. The van der Waals surface area contributed by atoms with Crippen LogP contribution in [0.2, 0.25) is 0 Å². The molecule has 6 nitrogen and oxygen atoms in total. The molecular formula is C31H41NO5. The van der Waals surface area contributed by atoms with E-state index in [2.05, 4.69) is 25.3 Å². The maximum absolute atomic E-state index is 12.5. The quantitative estimate of drug-likeness (QED) is 0.413. The lowest BCUT2D eigenvalue weighted by molar-refractivity contribution is -0.237. The summed E-state index contributed by atoms with van der Waals surface area (Å²) in [4.78, 5) is 16.8. The highest BCUT2D eigenvalue weighted by Gasteiger charge is 2.71. The van der Waals surface area contributed by atoms with E-state index in [1.807, 2.05) is 18.2 Å². The number of benzene rings is 1. The summed E-state index contributed by atoms with van der Waals surface area (Å²) in [5.41, 5.74) is -0.424. The summed E-state index contributed by atoms with van der Waals surface area (Å²) < 4.78 is 5.25. The van der Waals surface area contributed by atoms with Crippen molar-refractivity contribution in [3.05, 3.63) is 47.5 Å². The van der Waals surface area contributed by atoms with Crippen LogP contribution in [0.3, 0.4) is 0 Å². The Morgan fingerprint density at radius 1 is 1.03 bits per heavy atom. The maximum Gasteiger partial charge on any atom is 0.331 e. The SMILES string of the molecule is C[C@]12CC[C@H]3[C@H](CC[C@]4(O)C[C@H](O)CC[C@]34C=NCCc3ccccc3)[C@@]1(O)CC[C@@H]2C1=CC(=O)OC1. The highest BCUT2D eigenvalue weighted by atomic mass is 16.5. The van der Waals surface area contributed by atoms with Gasteiger partial charge < -0.3 is 20.1 Å². The summed E-state index contributed by atoms with van der Waals surface area (Å²) in [5, 5.41) is 35.2. The Kier molecular flexibility index (Phi) is 6.17. The van der Waals surface area contributed by atoms with Crippen LogP contribution < -0.4 is 0 Å². The van der Waals surface area contributed by atoms with Crippen LogP contribution in [0.25, 0.3) is 0 Å². The number of aliphatic hydroxyl groups excluding tert-OH is 1. The van der Waals surface area contributed by atoms with E-state index >= 15 is 0 Å². The molecule has 4 fully saturated rings. The number of carbonyl (C=O) groups is 1. The summed E-state index contributed by atoms with van der Waals surface area (Å²) >= 11 is 0. The molecule has 5 aliphatic rings. The summed E-state index contributed by atoms with van der Waals surface area (Å²) in [6, 6.07) is 10.3. The molecule has 4 aliphatic carbocycles. The number of esters is 1. The molecule has 0 bridgehead atoms. The average Bonchev–Trinajstić information content (AvgIpc) is 3.42. The number of carbonyl (C=O) groups excluding carboxylic acids is 1. The van der Waals surface area contributed by atoms with Crippen molar-refractivity contribution in [2.75, 3.05) is 13.2 Å². The number of fused-ring (bicyclic) bond motifs is 5. The van der Waals surface area contributed by atoms with Gasteiger partial charge in [0.1, 0.15) is 6.61 Å². The first-order valence-electron chi connectivity index (χ1n) is 14.3. The second kappa shape index (κ2) is 9.03.